The van der Waals surface area contributed by atoms with Gasteiger partial charge in [0, 0.05) is 5.56 Å². The number of carbonyl (C=O) groups is 4. The summed E-state index contributed by atoms with van der Waals surface area (Å²) in [5.74, 6) is -3.35. The van der Waals surface area contributed by atoms with Crippen molar-refractivity contribution >= 4 is 23.7 Å². The van der Waals surface area contributed by atoms with Gasteiger partial charge in [-0.25, -0.2) is 0 Å². The van der Waals surface area contributed by atoms with Crippen LogP contribution < -0.4 is 11.1 Å². The van der Waals surface area contributed by atoms with Crippen LogP contribution in [0.5, 0.6) is 0 Å². The van der Waals surface area contributed by atoms with E-state index >= 15 is 0 Å². The molecule has 0 spiro atoms. The van der Waals surface area contributed by atoms with Crippen LogP contribution >= 0.6 is 0 Å². The molecule has 3 amide bonds. The van der Waals surface area contributed by atoms with E-state index < -0.39 is 36.3 Å². The van der Waals surface area contributed by atoms with Gasteiger partial charge in [0.1, 0.15) is 12.6 Å². The number of rotatable bonds is 8. The zero-order valence-corrected chi connectivity index (χ0v) is 14.3. The minimum Gasteiger partial charge on any atom is -0.480 e. The first-order valence-corrected chi connectivity index (χ1v) is 7.88. The van der Waals surface area contributed by atoms with Gasteiger partial charge in [0.05, 0.1) is 6.54 Å². The van der Waals surface area contributed by atoms with Gasteiger partial charge in [0.15, 0.2) is 0 Å². The molecule has 8 heteroatoms. The fraction of sp³-hybridized carbons (Fsp3) is 0.412. The highest BCUT2D eigenvalue weighted by molar-refractivity contribution is 6.08. The number of imide groups is 1. The molecule has 0 heterocycles. The van der Waals surface area contributed by atoms with Crippen LogP contribution in [0, 0.1) is 5.92 Å². The average Bonchev–Trinajstić information content (AvgIpc) is 2.58. The van der Waals surface area contributed by atoms with Gasteiger partial charge in [0.2, 0.25) is 5.91 Å². The van der Waals surface area contributed by atoms with Gasteiger partial charge in [-0.3, -0.25) is 24.1 Å². The molecule has 0 aliphatic rings. The van der Waals surface area contributed by atoms with Crippen LogP contribution in [-0.2, 0) is 14.4 Å². The lowest BCUT2D eigenvalue weighted by Crippen LogP contribution is -2.53. The molecule has 1 aromatic rings. The van der Waals surface area contributed by atoms with E-state index in [4.69, 9.17) is 10.8 Å². The van der Waals surface area contributed by atoms with E-state index in [1.165, 1.54) is 12.1 Å². The summed E-state index contributed by atoms with van der Waals surface area (Å²) >= 11 is 0. The number of nitrogens with zero attached hydrogens (tertiary/aromatic N) is 1. The molecule has 4 N–H and O–H groups in total. The minimum atomic E-state index is -1.33. The van der Waals surface area contributed by atoms with Crippen LogP contribution in [-0.4, -0.2) is 52.8 Å². The molecule has 8 nitrogen and oxygen atoms in total. The van der Waals surface area contributed by atoms with Crippen molar-refractivity contribution in [1.29, 1.82) is 0 Å². The first-order chi connectivity index (χ1) is 11.8. The molecule has 0 radical (unpaired) electrons. The molecule has 0 aliphatic heterocycles. The molecule has 1 atom stereocenters. The number of aliphatic carboxylic acids is 1. The number of nitrogens with two attached hydrogens (primary N) is 1. The Balaban J connectivity index is 3.12. The second kappa shape index (κ2) is 9.53. The number of carboxylic acids is 1. The lowest BCUT2D eigenvalue weighted by molar-refractivity contribution is -0.144. The lowest BCUT2D eigenvalue weighted by Gasteiger charge is -2.26. The van der Waals surface area contributed by atoms with Gasteiger partial charge in [-0.1, -0.05) is 32.0 Å². The largest absolute Gasteiger partial charge is 0.480 e. The zero-order chi connectivity index (χ0) is 19.0. The van der Waals surface area contributed by atoms with Crippen molar-refractivity contribution in [3.63, 3.8) is 0 Å². The molecule has 1 rings (SSSR count). The molecule has 1 aromatic carbocycles. The van der Waals surface area contributed by atoms with E-state index in [1.54, 1.807) is 18.2 Å². The highest BCUT2D eigenvalue weighted by Crippen LogP contribution is 2.12. The Kier molecular flexibility index (Phi) is 7.74. The number of amides is 3. The first-order valence-electron chi connectivity index (χ1n) is 7.88. The number of hydrogen-bond donors (Lipinski definition) is 3. The summed E-state index contributed by atoms with van der Waals surface area (Å²) in [6.07, 6.45) is 0.253. The summed E-state index contributed by atoms with van der Waals surface area (Å²) in [5.41, 5.74) is 5.45. The number of carboxylic acid groups (broad SMARTS) is 1. The van der Waals surface area contributed by atoms with Crippen LogP contribution in [0.3, 0.4) is 0 Å². The van der Waals surface area contributed by atoms with E-state index in [-0.39, 0.29) is 24.4 Å². The van der Waals surface area contributed by atoms with Crippen molar-refractivity contribution in [1.82, 2.24) is 10.2 Å². The Morgan fingerprint density at radius 1 is 1.16 bits per heavy atom. The van der Waals surface area contributed by atoms with Gasteiger partial charge in [-0.15, -0.1) is 0 Å². The Labute approximate surface area is 146 Å². The molecular formula is C17H23N3O5. The topological polar surface area (TPSA) is 130 Å². The molecule has 1 unspecified atom stereocenters. The zero-order valence-electron chi connectivity index (χ0n) is 14.3. The van der Waals surface area contributed by atoms with Crippen molar-refractivity contribution in [2.75, 3.05) is 13.1 Å². The molecule has 25 heavy (non-hydrogen) atoms. The van der Waals surface area contributed by atoms with E-state index in [2.05, 4.69) is 5.32 Å². The standard InChI is InChI=1S/C17H23N3O5/c1-11(2)8-13(19-14(21)9-18)17(25)20(10-15(22)23)16(24)12-6-4-3-5-7-12/h3-7,11,13H,8-10,18H2,1-2H3,(H,19,21)(H,22,23). The predicted molar refractivity (Wildman–Crippen MR) is 90.6 cm³/mol. The quantitative estimate of drug-likeness (QED) is 0.616. The second-order valence-corrected chi connectivity index (χ2v) is 5.94. The fourth-order valence-corrected chi connectivity index (χ4v) is 2.26. The van der Waals surface area contributed by atoms with E-state index in [9.17, 15) is 19.2 Å². The SMILES string of the molecule is CC(C)CC(NC(=O)CN)C(=O)N(CC(=O)O)C(=O)c1ccccc1. The number of nitrogens with one attached hydrogen (secondary N) is 1. The summed E-state index contributed by atoms with van der Waals surface area (Å²) < 4.78 is 0. The predicted octanol–water partition coefficient (Wildman–Crippen LogP) is 0.230. The molecule has 0 bridgehead atoms. The Morgan fingerprint density at radius 3 is 2.24 bits per heavy atom. The van der Waals surface area contributed by atoms with E-state index in [0.29, 0.717) is 4.90 Å². The normalized spacial score (nSPS) is 11.7. The first kappa shape index (κ1) is 20.3. The van der Waals surface area contributed by atoms with Crippen molar-refractivity contribution < 1.29 is 24.3 Å². The molecule has 0 aromatic heterocycles. The van der Waals surface area contributed by atoms with Crippen molar-refractivity contribution in [2.24, 2.45) is 11.7 Å². The minimum absolute atomic E-state index is 0.0329. The maximum Gasteiger partial charge on any atom is 0.323 e. The monoisotopic (exact) mass is 349 g/mol. The highest BCUT2D eigenvalue weighted by Gasteiger charge is 2.32. The van der Waals surface area contributed by atoms with Gasteiger partial charge in [-0.05, 0) is 24.5 Å². The summed E-state index contributed by atoms with van der Waals surface area (Å²) in [4.78, 5) is 48.7. The third-order valence-electron chi connectivity index (χ3n) is 3.35. The van der Waals surface area contributed by atoms with Gasteiger partial charge < -0.3 is 16.2 Å². The van der Waals surface area contributed by atoms with Crippen LogP contribution in [0.1, 0.15) is 30.6 Å². The van der Waals surface area contributed by atoms with Crippen molar-refractivity contribution in [2.45, 2.75) is 26.3 Å². The van der Waals surface area contributed by atoms with E-state index in [0.717, 1.165) is 0 Å². The van der Waals surface area contributed by atoms with Crippen molar-refractivity contribution in [3.05, 3.63) is 35.9 Å². The molecule has 0 fully saturated rings. The smallest absolute Gasteiger partial charge is 0.323 e. The Bertz CT molecular complexity index is 630. The van der Waals surface area contributed by atoms with Gasteiger partial charge >= 0.3 is 5.97 Å². The number of hydrogen-bond acceptors (Lipinski definition) is 5. The Morgan fingerprint density at radius 2 is 1.76 bits per heavy atom. The Hall–Kier alpha value is -2.74. The summed E-state index contributed by atoms with van der Waals surface area (Å²) in [6.45, 7) is 2.58. The van der Waals surface area contributed by atoms with Crippen molar-refractivity contribution in [3.8, 4) is 0 Å². The average molecular weight is 349 g/mol. The van der Waals surface area contributed by atoms with Gasteiger partial charge in [0.25, 0.3) is 11.8 Å². The molecule has 0 aliphatic carbocycles. The third-order valence-corrected chi connectivity index (χ3v) is 3.35. The van der Waals surface area contributed by atoms with Crippen LogP contribution in [0.2, 0.25) is 0 Å². The maximum absolute atomic E-state index is 12.8. The summed E-state index contributed by atoms with van der Waals surface area (Å²) in [5, 5.41) is 11.5. The van der Waals surface area contributed by atoms with Crippen LogP contribution in [0.25, 0.3) is 0 Å². The number of carbonyl (C=O) groups excluding carboxylic acids is 3. The molecule has 0 saturated heterocycles. The maximum atomic E-state index is 12.8. The van der Waals surface area contributed by atoms with Gasteiger partial charge in [-0.2, -0.15) is 0 Å². The lowest BCUT2D eigenvalue weighted by atomic mass is 10.0. The fourth-order valence-electron chi connectivity index (χ4n) is 2.26. The molecule has 136 valence electrons. The summed E-state index contributed by atoms with van der Waals surface area (Å²) in [7, 11) is 0. The van der Waals surface area contributed by atoms with Crippen LogP contribution in [0.15, 0.2) is 30.3 Å². The third kappa shape index (κ3) is 6.34. The number of benzene rings is 1. The second-order valence-electron chi connectivity index (χ2n) is 5.94. The van der Waals surface area contributed by atoms with E-state index in [1.807, 2.05) is 13.8 Å². The molecule has 0 saturated carbocycles. The highest BCUT2D eigenvalue weighted by atomic mass is 16.4. The van der Waals surface area contributed by atoms with Crippen LogP contribution in [0.4, 0.5) is 0 Å². The molecular weight excluding hydrogens is 326 g/mol. The summed E-state index contributed by atoms with van der Waals surface area (Å²) in [6, 6.07) is 6.86.